The molecule has 1 aliphatic rings. The zero-order valence-electron chi connectivity index (χ0n) is 8.96. The van der Waals surface area contributed by atoms with Crippen LogP contribution >= 0.6 is 11.6 Å². The van der Waals surface area contributed by atoms with Gasteiger partial charge in [-0.05, 0) is 17.8 Å². The van der Waals surface area contributed by atoms with Crippen molar-refractivity contribution >= 4 is 21.6 Å². The van der Waals surface area contributed by atoms with Crippen molar-refractivity contribution < 1.29 is 8.42 Å². The molecule has 0 N–H and O–H groups in total. The summed E-state index contributed by atoms with van der Waals surface area (Å²) in [6.45, 7) is 7.69. The summed E-state index contributed by atoms with van der Waals surface area (Å²) in [6.07, 6.45) is 0.944. The highest BCUT2D eigenvalue weighted by Crippen LogP contribution is 2.34. The summed E-state index contributed by atoms with van der Waals surface area (Å²) in [4.78, 5) is 0. The third-order valence-electron chi connectivity index (χ3n) is 2.91. The normalized spacial score (nSPS) is 25.6. The van der Waals surface area contributed by atoms with Crippen molar-refractivity contribution in [2.24, 2.45) is 11.3 Å². The van der Waals surface area contributed by atoms with Crippen molar-refractivity contribution in [3.05, 3.63) is 0 Å². The van der Waals surface area contributed by atoms with Crippen LogP contribution in [0.3, 0.4) is 0 Å². The van der Waals surface area contributed by atoms with Crippen LogP contribution in [0.4, 0.5) is 0 Å². The van der Waals surface area contributed by atoms with Gasteiger partial charge >= 0.3 is 0 Å². The number of rotatable bonds is 2. The molecule has 1 atom stereocenters. The number of alkyl halides is 1. The van der Waals surface area contributed by atoms with E-state index in [9.17, 15) is 8.42 Å². The Bertz CT molecular complexity index is 294. The summed E-state index contributed by atoms with van der Waals surface area (Å²) in [5.74, 6) is 0.445. The molecule has 3 nitrogen and oxygen atoms in total. The van der Waals surface area contributed by atoms with Gasteiger partial charge < -0.3 is 0 Å². The van der Waals surface area contributed by atoms with Crippen LogP contribution in [0.1, 0.15) is 27.2 Å². The van der Waals surface area contributed by atoms with Crippen LogP contribution in [0.5, 0.6) is 0 Å². The van der Waals surface area contributed by atoms with Crippen LogP contribution in [0.2, 0.25) is 0 Å². The van der Waals surface area contributed by atoms with Crippen molar-refractivity contribution in [1.29, 1.82) is 0 Å². The SMILES string of the molecule is CC(C)(C)C1CCN(S(=O)(=O)CCl)C1. The molecule has 1 aliphatic heterocycles. The minimum Gasteiger partial charge on any atom is -0.211 e. The smallest absolute Gasteiger partial charge is 0.211 e. The third-order valence-corrected chi connectivity index (χ3v) is 5.13. The summed E-state index contributed by atoms with van der Waals surface area (Å²) in [5.41, 5.74) is 0.177. The molecule has 0 aromatic rings. The Kier molecular flexibility index (Phi) is 3.49. The van der Waals surface area contributed by atoms with Crippen LogP contribution < -0.4 is 0 Å². The van der Waals surface area contributed by atoms with Gasteiger partial charge in [-0.1, -0.05) is 20.8 Å². The minimum absolute atomic E-state index is 0.177. The lowest BCUT2D eigenvalue weighted by molar-refractivity contribution is 0.252. The highest BCUT2D eigenvalue weighted by molar-refractivity contribution is 7.90. The summed E-state index contributed by atoms with van der Waals surface area (Å²) in [6, 6.07) is 0. The average Bonchev–Trinajstić information content (AvgIpc) is 2.51. The molecule has 1 rings (SSSR count). The first-order chi connectivity index (χ1) is 6.27. The molecule has 0 saturated carbocycles. The second-order valence-corrected chi connectivity index (χ2v) is 7.48. The van der Waals surface area contributed by atoms with E-state index < -0.39 is 10.0 Å². The summed E-state index contributed by atoms with van der Waals surface area (Å²) in [5, 5.41) is -0.302. The molecule has 1 saturated heterocycles. The summed E-state index contributed by atoms with van der Waals surface area (Å²) < 4.78 is 24.4. The number of halogens is 1. The molecule has 1 unspecified atom stereocenters. The van der Waals surface area contributed by atoms with Gasteiger partial charge in [0.25, 0.3) is 0 Å². The van der Waals surface area contributed by atoms with E-state index in [1.54, 1.807) is 0 Å². The first kappa shape index (κ1) is 12.3. The quantitative estimate of drug-likeness (QED) is 0.690. The van der Waals surface area contributed by atoms with Crippen molar-refractivity contribution in [1.82, 2.24) is 4.31 Å². The topological polar surface area (TPSA) is 37.4 Å². The largest absolute Gasteiger partial charge is 0.228 e. The molecule has 0 amide bonds. The molecule has 0 bridgehead atoms. The maximum absolute atomic E-state index is 11.5. The monoisotopic (exact) mass is 239 g/mol. The zero-order valence-corrected chi connectivity index (χ0v) is 10.5. The van der Waals surface area contributed by atoms with Crippen LogP contribution in [0, 0.1) is 11.3 Å². The lowest BCUT2D eigenvalue weighted by Gasteiger charge is -2.26. The summed E-state index contributed by atoms with van der Waals surface area (Å²) >= 11 is 5.41. The minimum atomic E-state index is -3.19. The Morgan fingerprint density at radius 1 is 1.43 bits per heavy atom. The number of nitrogens with zero attached hydrogens (tertiary/aromatic N) is 1. The first-order valence-corrected chi connectivity index (χ1v) is 6.95. The van der Waals surface area contributed by atoms with E-state index in [4.69, 9.17) is 11.6 Å². The molecule has 84 valence electrons. The number of hydrogen-bond acceptors (Lipinski definition) is 2. The first-order valence-electron chi connectivity index (χ1n) is 4.81. The number of hydrogen-bond donors (Lipinski definition) is 0. The van der Waals surface area contributed by atoms with Gasteiger partial charge in [-0.3, -0.25) is 0 Å². The van der Waals surface area contributed by atoms with Gasteiger partial charge in [-0.15, -0.1) is 11.6 Å². The Morgan fingerprint density at radius 2 is 2.00 bits per heavy atom. The Hall–Kier alpha value is 0.200. The molecule has 0 aromatic heterocycles. The van der Waals surface area contributed by atoms with Crippen molar-refractivity contribution in [2.45, 2.75) is 27.2 Å². The predicted molar refractivity (Wildman–Crippen MR) is 58.8 cm³/mol. The van der Waals surface area contributed by atoms with Gasteiger partial charge in [0.2, 0.25) is 10.0 Å². The van der Waals surface area contributed by atoms with Gasteiger partial charge in [-0.2, -0.15) is 0 Å². The van der Waals surface area contributed by atoms with E-state index in [-0.39, 0.29) is 10.6 Å². The van der Waals surface area contributed by atoms with Crippen LogP contribution in [-0.2, 0) is 10.0 Å². The zero-order chi connectivity index (χ0) is 11.0. The Balaban J connectivity index is 2.67. The maximum Gasteiger partial charge on any atom is 0.228 e. The molecule has 1 fully saturated rings. The van der Waals surface area contributed by atoms with E-state index in [1.807, 2.05) is 0 Å². The van der Waals surface area contributed by atoms with Gasteiger partial charge in [0, 0.05) is 13.1 Å². The molecular formula is C9H18ClNO2S. The molecule has 0 spiro atoms. The standard InChI is InChI=1S/C9H18ClNO2S/c1-9(2,3)8-4-5-11(6-8)14(12,13)7-10/h8H,4-7H2,1-3H3. The fraction of sp³-hybridized carbons (Fsp3) is 1.00. The van der Waals surface area contributed by atoms with Gasteiger partial charge in [-0.25, -0.2) is 12.7 Å². The van der Waals surface area contributed by atoms with Crippen LogP contribution in [0.25, 0.3) is 0 Å². The maximum atomic E-state index is 11.5. The van der Waals surface area contributed by atoms with E-state index in [0.717, 1.165) is 6.42 Å². The number of sulfonamides is 1. The average molecular weight is 240 g/mol. The van der Waals surface area contributed by atoms with Crippen LogP contribution in [-0.4, -0.2) is 31.0 Å². The van der Waals surface area contributed by atoms with Crippen molar-refractivity contribution in [2.75, 3.05) is 18.3 Å². The van der Waals surface area contributed by atoms with E-state index in [1.165, 1.54) is 4.31 Å². The van der Waals surface area contributed by atoms with E-state index in [0.29, 0.717) is 19.0 Å². The van der Waals surface area contributed by atoms with E-state index in [2.05, 4.69) is 20.8 Å². The molecule has 14 heavy (non-hydrogen) atoms. The van der Waals surface area contributed by atoms with Crippen LogP contribution in [0.15, 0.2) is 0 Å². The lowest BCUT2D eigenvalue weighted by Crippen LogP contribution is -2.31. The van der Waals surface area contributed by atoms with Gasteiger partial charge in [0.05, 0.1) is 0 Å². The van der Waals surface area contributed by atoms with E-state index >= 15 is 0 Å². The molecule has 1 heterocycles. The Labute approximate surface area is 91.5 Å². The summed E-state index contributed by atoms with van der Waals surface area (Å²) in [7, 11) is -3.19. The van der Waals surface area contributed by atoms with Crippen molar-refractivity contribution in [3.63, 3.8) is 0 Å². The van der Waals surface area contributed by atoms with Crippen molar-refractivity contribution in [3.8, 4) is 0 Å². The fourth-order valence-corrected chi connectivity index (χ4v) is 3.10. The van der Waals surface area contributed by atoms with Gasteiger partial charge in [0.1, 0.15) is 5.21 Å². The highest BCUT2D eigenvalue weighted by atomic mass is 35.5. The second kappa shape index (κ2) is 3.99. The molecule has 5 heteroatoms. The fourth-order valence-electron chi connectivity index (χ4n) is 1.76. The molecule has 0 radical (unpaired) electrons. The predicted octanol–water partition coefficient (Wildman–Crippen LogP) is 1.88. The Morgan fingerprint density at radius 3 is 2.36 bits per heavy atom. The van der Waals surface area contributed by atoms with Gasteiger partial charge in [0.15, 0.2) is 0 Å². The molecule has 0 aliphatic carbocycles. The second-order valence-electron chi connectivity index (χ2n) is 4.93. The molecule has 0 aromatic carbocycles. The molecular weight excluding hydrogens is 222 g/mol. The highest BCUT2D eigenvalue weighted by Gasteiger charge is 2.36. The third kappa shape index (κ3) is 2.61. The lowest BCUT2D eigenvalue weighted by atomic mass is 9.80.